The Balaban J connectivity index is 1.60. The van der Waals surface area contributed by atoms with Crippen LogP contribution in [0.1, 0.15) is 48.9 Å². The van der Waals surface area contributed by atoms with Crippen molar-refractivity contribution in [1.82, 2.24) is 19.6 Å². The van der Waals surface area contributed by atoms with Crippen molar-refractivity contribution in [2.24, 2.45) is 5.41 Å². The van der Waals surface area contributed by atoms with Crippen LogP contribution >= 0.6 is 0 Å². The Kier molecular flexibility index (Phi) is 5.17. The van der Waals surface area contributed by atoms with E-state index in [2.05, 4.69) is 5.32 Å². The molecule has 3 aliphatic rings. The number of benzene rings is 1. The average molecular weight is 486 g/mol. The molecule has 0 radical (unpaired) electrons. The Hall–Kier alpha value is -4.01. The van der Waals surface area contributed by atoms with Crippen LogP contribution in [-0.4, -0.2) is 45.2 Å². The first-order valence-corrected chi connectivity index (χ1v) is 12.5. The van der Waals surface area contributed by atoms with Gasteiger partial charge in [-0.05, 0) is 36.1 Å². The van der Waals surface area contributed by atoms with Crippen LogP contribution in [0.5, 0.6) is 0 Å². The summed E-state index contributed by atoms with van der Waals surface area (Å²) < 4.78 is 1.44. The van der Waals surface area contributed by atoms with Crippen LogP contribution in [0.4, 0.5) is 10.6 Å². The highest BCUT2D eigenvalue weighted by Gasteiger charge is 2.64. The minimum atomic E-state index is -1.66. The molecule has 3 aliphatic heterocycles. The minimum absolute atomic E-state index is 0.121. The van der Waals surface area contributed by atoms with Gasteiger partial charge in [0.1, 0.15) is 11.5 Å². The first-order valence-electron chi connectivity index (χ1n) is 12.5. The Bertz CT molecular complexity index is 1480. The molecular formula is C27H27N5O4. The summed E-state index contributed by atoms with van der Waals surface area (Å²) in [5.74, 6) is -0.687. The summed E-state index contributed by atoms with van der Waals surface area (Å²) >= 11 is 0. The fourth-order valence-corrected chi connectivity index (χ4v) is 6.03. The molecule has 1 spiro atoms. The number of unbranched alkanes of at least 4 members (excludes halogenated alkanes) is 2. The molecule has 1 N–H and O–H groups in total. The number of carbonyl (C=O) groups excluding carboxylic acids is 3. The zero-order chi connectivity index (χ0) is 25.0. The molecule has 2 atom stereocenters. The molecule has 1 saturated heterocycles. The minimum Gasteiger partial charge on any atom is -0.347 e. The Morgan fingerprint density at radius 3 is 2.69 bits per heavy atom. The molecule has 2 aromatic heterocycles. The second-order valence-electron chi connectivity index (χ2n) is 9.76. The number of rotatable bonds is 4. The summed E-state index contributed by atoms with van der Waals surface area (Å²) in [5, 5.41) is 2.47. The summed E-state index contributed by atoms with van der Waals surface area (Å²) in [4.78, 5) is 62.4. The number of imide groups is 2. The molecule has 1 aromatic carbocycles. The molecule has 0 aliphatic carbocycles. The van der Waals surface area contributed by atoms with E-state index in [-0.39, 0.29) is 18.5 Å². The van der Waals surface area contributed by atoms with Crippen molar-refractivity contribution in [3.8, 4) is 0 Å². The lowest BCUT2D eigenvalue weighted by Crippen LogP contribution is -2.70. The standard InChI is InChI=1S/C27H27N5O4/c1-2-3-7-14-32-25(35)27(24(34)29-26(32)36)16-19-22(28-20-11-6-8-13-30(20)23(19)33)31-15-12-17-9-4-5-10-18(17)21(27)31/h4-6,8-11,13,21H,2-3,7,12,14-16H2,1H3,(H,29,34,36)/t21-,27+/m0/s1. The topological polar surface area (TPSA) is 104 Å². The summed E-state index contributed by atoms with van der Waals surface area (Å²) in [5.41, 5.74) is 0.770. The van der Waals surface area contributed by atoms with E-state index < -0.39 is 29.3 Å². The molecule has 9 nitrogen and oxygen atoms in total. The summed E-state index contributed by atoms with van der Waals surface area (Å²) in [6.07, 6.45) is 4.64. The molecular weight excluding hydrogens is 458 g/mol. The van der Waals surface area contributed by atoms with E-state index in [0.717, 1.165) is 24.0 Å². The normalized spacial score (nSPS) is 22.9. The van der Waals surface area contributed by atoms with E-state index in [9.17, 15) is 19.2 Å². The highest BCUT2D eigenvalue weighted by Crippen LogP contribution is 2.52. The molecule has 0 saturated carbocycles. The Labute approximate surface area is 207 Å². The number of pyridine rings is 1. The number of anilines is 1. The van der Waals surface area contributed by atoms with Gasteiger partial charge in [-0.25, -0.2) is 9.78 Å². The van der Waals surface area contributed by atoms with Crippen molar-refractivity contribution < 1.29 is 14.4 Å². The first kappa shape index (κ1) is 22.5. The van der Waals surface area contributed by atoms with Crippen molar-refractivity contribution in [3.05, 3.63) is 75.7 Å². The van der Waals surface area contributed by atoms with Gasteiger partial charge in [-0.15, -0.1) is 0 Å². The second-order valence-corrected chi connectivity index (χ2v) is 9.76. The van der Waals surface area contributed by atoms with Gasteiger partial charge in [0.05, 0.1) is 11.6 Å². The molecule has 184 valence electrons. The lowest BCUT2D eigenvalue weighted by atomic mass is 9.65. The number of urea groups is 1. The lowest BCUT2D eigenvalue weighted by molar-refractivity contribution is -0.154. The van der Waals surface area contributed by atoms with Crippen molar-refractivity contribution in [1.29, 1.82) is 0 Å². The third-order valence-electron chi connectivity index (χ3n) is 7.77. The van der Waals surface area contributed by atoms with Crippen molar-refractivity contribution in [2.45, 2.75) is 45.1 Å². The summed E-state index contributed by atoms with van der Waals surface area (Å²) in [6.45, 7) is 2.77. The van der Waals surface area contributed by atoms with E-state index in [4.69, 9.17) is 4.98 Å². The molecule has 1 fully saturated rings. The van der Waals surface area contributed by atoms with Gasteiger partial charge in [0.25, 0.3) is 5.56 Å². The molecule has 0 unspecified atom stereocenters. The molecule has 5 heterocycles. The summed E-state index contributed by atoms with van der Waals surface area (Å²) in [7, 11) is 0. The van der Waals surface area contributed by atoms with Gasteiger partial charge in [0, 0.05) is 25.7 Å². The number of hydrogen-bond acceptors (Lipinski definition) is 6. The maximum atomic E-state index is 14.3. The van der Waals surface area contributed by atoms with Crippen LogP contribution < -0.4 is 15.8 Å². The van der Waals surface area contributed by atoms with Gasteiger partial charge < -0.3 is 4.90 Å². The number of carbonyl (C=O) groups is 3. The van der Waals surface area contributed by atoms with Gasteiger partial charge in [0.15, 0.2) is 5.41 Å². The second kappa shape index (κ2) is 8.29. The number of fused-ring (bicyclic) bond motifs is 7. The maximum Gasteiger partial charge on any atom is 0.330 e. The van der Waals surface area contributed by atoms with Crippen LogP contribution in [0.25, 0.3) is 5.65 Å². The van der Waals surface area contributed by atoms with Crippen LogP contribution in [0.15, 0.2) is 53.5 Å². The van der Waals surface area contributed by atoms with E-state index in [1.165, 1.54) is 9.30 Å². The molecule has 0 bridgehead atoms. The molecule has 3 aromatic rings. The van der Waals surface area contributed by atoms with E-state index in [0.29, 0.717) is 36.4 Å². The van der Waals surface area contributed by atoms with Gasteiger partial charge in [-0.3, -0.25) is 29.0 Å². The number of amides is 4. The third kappa shape index (κ3) is 3.04. The van der Waals surface area contributed by atoms with E-state index in [1.54, 1.807) is 18.3 Å². The fraction of sp³-hybridized carbons (Fsp3) is 0.370. The molecule has 9 heteroatoms. The van der Waals surface area contributed by atoms with Crippen LogP contribution in [0, 0.1) is 5.41 Å². The van der Waals surface area contributed by atoms with Crippen LogP contribution in [-0.2, 0) is 22.4 Å². The maximum absolute atomic E-state index is 14.3. The van der Waals surface area contributed by atoms with Crippen LogP contribution in [0.2, 0.25) is 0 Å². The number of nitrogens with one attached hydrogen (secondary N) is 1. The molecule has 6 rings (SSSR count). The van der Waals surface area contributed by atoms with Gasteiger partial charge in [0.2, 0.25) is 11.8 Å². The predicted molar refractivity (Wildman–Crippen MR) is 133 cm³/mol. The van der Waals surface area contributed by atoms with Gasteiger partial charge >= 0.3 is 6.03 Å². The van der Waals surface area contributed by atoms with Gasteiger partial charge in [-0.2, -0.15) is 0 Å². The summed E-state index contributed by atoms with van der Waals surface area (Å²) in [6, 6.07) is 11.7. The monoisotopic (exact) mass is 485 g/mol. The number of hydrogen-bond donors (Lipinski definition) is 1. The van der Waals surface area contributed by atoms with E-state index >= 15 is 0 Å². The smallest absolute Gasteiger partial charge is 0.330 e. The number of aromatic nitrogens is 2. The predicted octanol–water partition coefficient (Wildman–Crippen LogP) is 2.61. The Morgan fingerprint density at radius 1 is 1.06 bits per heavy atom. The van der Waals surface area contributed by atoms with Crippen molar-refractivity contribution in [2.75, 3.05) is 18.0 Å². The van der Waals surface area contributed by atoms with Crippen molar-refractivity contribution >= 4 is 29.3 Å². The molecule has 4 amide bonds. The highest BCUT2D eigenvalue weighted by atomic mass is 16.2. The Morgan fingerprint density at radius 2 is 1.86 bits per heavy atom. The lowest BCUT2D eigenvalue weighted by Gasteiger charge is -2.53. The highest BCUT2D eigenvalue weighted by molar-refractivity contribution is 6.20. The quantitative estimate of drug-likeness (QED) is 0.450. The van der Waals surface area contributed by atoms with Crippen LogP contribution in [0.3, 0.4) is 0 Å². The van der Waals surface area contributed by atoms with Gasteiger partial charge in [-0.1, -0.05) is 50.1 Å². The zero-order valence-corrected chi connectivity index (χ0v) is 20.1. The number of barbiturate groups is 1. The average Bonchev–Trinajstić information content (AvgIpc) is 2.89. The van der Waals surface area contributed by atoms with E-state index in [1.807, 2.05) is 42.2 Å². The SMILES string of the molecule is CCCCCN1C(=O)NC(=O)[C@]2(Cc3c(nc4ccccn4c3=O)N3CCc4ccccc4[C@H]32)C1=O. The largest absolute Gasteiger partial charge is 0.347 e. The van der Waals surface area contributed by atoms with Crippen molar-refractivity contribution in [3.63, 3.8) is 0 Å². The third-order valence-corrected chi connectivity index (χ3v) is 7.77. The zero-order valence-electron chi connectivity index (χ0n) is 20.1. The number of nitrogens with zero attached hydrogens (tertiary/aromatic N) is 4. The first-order chi connectivity index (χ1) is 17.5. The fourth-order valence-electron chi connectivity index (χ4n) is 6.03. The molecule has 36 heavy (non-hydrogen) atoms.